The fourth-order valence-corrected chi connectivity index (χ4v) is 2.10. The van der Waals surface area contributed by atoms with E-state index in [1.54, 1.807) is 4.52 Å². The molecule has 1 N–H and O–H groups in total. The van der Waals surface area contributed by atoms with Crippen molar-refractivity contribution < 1.29 is 0 Å². The largest absolute Gasteiger partial charge is 0.340 e. The van der Waals surface area contributed by atoms with Crippen LogP contribution in [0.1, 0.15) is 5.56 Å². The lowest BCUT2D eigenvalue weighted by Crippen LogP contribution is -2.04. The Labute approximate surface area is 119 Å². The van der Waals surface area contributed by atoms with Crippen LogP contribution < -0.4 is 5.32 Å². The molecular weight excluding hydrogens is 285 g/mol. The van der Waals surface area contributed by atoms with E-state index in [2.05, 4.69) is 20.4 Å². The van der Waals surface area contributed by atoms with Gasteiger partial charge in [-0.05, 0) is 25.1 Å². The first-order chi connectivity index (χ1) is 9.15. The molecule has 0 aliphatic rings. The number of nitrogens with zero attached hydrogens (tertiary/aromatic N) is 4. The summed E-state index contributed by atoms with van der Waals surface area (Å²) in [5, 5.41) is 8.41. The quantitative estimate of drug-likeness (QED) is 0.735. The second-order valence-electron chi connectivity index (χ2n) is 3.98. The van der Waals surface area contributed by atoms with Crippen molar-refractivity contribution in [1.82, 2.24) is 19.6 Å². The van der Waals surface area contributed by atoms with Gasteiger partial charge in [-0.3, -0.25) is 0 Å². The van der Waals surface area contributed by atoms with E-state index in [0.717, 1.165) is 17.1 Å². The molecule has 0 amide bonds. The Balaban J connectivity index is 2.14. The number of hydrogen-bond donors (Lipinski definition) is 1. The van der Waals surface area contributed by atoms with Crippen molar-refractivity contribution >= 4 is 40.5 Å². The zero-order valence-electron chi connectivity index (χ0n) is 9.93. The topological polar surface area (TPSA) is 55.1 Å². The van der Waals surface area contributed by atoms with Gasteiger partial charge in [0.1, 0.15) is 17.3 Å². The summed E-state index contributed by atoms with van der Waals surface area (Å²) in [5.41, 5.74) is 1.63. The van der Waals surface area contributed by atoms with Gasteiger partial charge in [0.15, 0.2) is 0 Å². The predicted molar refractivity (Wildman–Crippen MR) is 75.3 cm³/mol. The smallest absolute Gasteiger partial charge is 0.255 e. The fraction of sp³-hybridized carbons (Fsp3) is 0.0833. The first kappa shape index (κ1) is 12.2. The third kappa shape index (κ3) is 2.22. The third-order valence-electron chi connectivity index (χ3n) is 2.69. The van der Waals surface area contributed by atoms with Crippen LogP contribution in [-0.4, -0.2) is 19.6 Å². The maximum absolute atomic E-state index is 6.09. The van der Waals surface area contributed by atoms with Crippen LogP contribution in [0.4, 0.5) is 11.5 Å². The lowest BCUT2D eigenvalue weighted by molar-refractivity contribution is 0.936. The molecule has 0 spiro atoms. The average Bonchev–Trinajstić information content (AvgIpc) is 2.83. The average molecular weight is 294 g/mol. The Bertz CT molecular complexity index is 753. The van der Waals surface area contributed by atoms with Crippen LogP contribution in [0.3, 0.4) is 0 Å². The minimum Gasteiger partial charge on any atom is -0.340 e. The molecule has 19 heavy (non-hydrogen) atoms. The van der Waals surface area contributed by atoms with Crippen LogP contribution in [0.2, 0.25) is 10.2 Å². The molecule has 2 aromatic heterocycles. The van der Waals surface area contributed by atoms with Gasteiger partial charge in [-0.1, -0.05) is 29.3 Å². The van der Waals surface area contributed by atoms with Crippen molar-refractivity contribution in [1.29, 1.82) is 0 Å². The number of fused-ring (bicyclic) bond motifs is 1. The second-order valence-corrected chi connectivity index (χ2v) is 4.78. The lowest BCUT2D eigenvalue weighted by Gasteiger charge is -2.11. The second kappa shape index (κ2) is 4.68. The molecule has 3 rings (SSSR count). The molecule has 0 saturated carbocycles. The summed E-state index contributed by atoms with van der Waals surface area (Å²) in [7, 11) is 0. The highest BCUT2D eigenvalue weighted by Crippen LogP contribution is 2.26. The molecule has 0 aliphatic carbocycles. The summed E-state index contributed by atoms with van der Waals surface area (Å²) in [4.78, 5) is 8.17. The Morgan fingerprint density at radius 2 is 2.11 bits per heavy atom. The van der Waals surface area contributed by atoms with Crippen molar-refractivity contribution in [3.05, 3.63) is 46.3 Å². The van der Waals surface area contributed by atoms with Crippen molar-refractivity contribution in [3.63, 3.8) is 0 Å². The van der Waals surface area contributed by atoms with Gasteiger partial charge in [0.05, 0.1) is 0 Å². The Kier molecular flexibility index (Phi) is 3.00. The molecule has 0 fully saturated rings. The number of aromatic nitrogens is 4. The highest BCUT2D eigenvalue weighted by atomic mass is 35.5. The highest BCUT2D eigenvalue weighted by Gasteiger charge is 2.12. The predicted octanol–water partition coefficient (Wildman–Crippen LogP) is 3.48. The molecule has 0 atom stereocenters. The Morgan fingerprint density at radius 1 is 1.26 bits per heavy atom. The number of hydrogen-bond acceptors (Lipinski definition) is 4. The zero-order valence-corrected chi connectivity index (χ0v) is 11.4. The number of anilines is 2. The lowest BCUT2D eigenvalue weighted by atomic mass is 10.3. The molecule has 0 unspecified atom stereocenters. The molecular formula is C12H9Cl2N5. The molecule has 2 heterocycles. The summed E-state index contributed by atoms with van der Waals surface area (Å²) in [6.45, 7) is 1.86. The Morgan fingerprint density at radius 3 is 2.89 bits per heavy atom. The van der Waals surface area contributed by atoms with E-state index in [0.29, 0.717) is 16.0 Å². The maximum Gasteiger partial charge on any atom is 0.255 e. The van der Waals surface area contributed by atoms with E-state index in [1.807, 2.05) is 31.2 Å². The number of nitrogens with one attached hydrogen (secondary N) is 1. The monoisotopic (exact) mass is 293 g/mol. The van der Waals surface area contributed by atoms with Crippen LogP contribution in [0, 0.1) is 6.92 Å². The zero-order chi connectivity index (χ0) is 13.4. The van der Waals surface area contributed by atoms with Crippen LogP contribution in [0.15, 0.2) is 30.6 Å². The highest BCUT2D eigenvalue weighted by molar-refractivity contribution is 6.31. The van der Waals surface area contributed by atoms with E-state index in [9.17, 15) is 0 Å². The molecule has 0 bridgehead atoms. The molecule has 5 nitrogen and oxygen atoms in total. The normalized spacial score (nSPS) is 10.9. The van der Waals surface area contributed by atoms with Gasteiger partial charge in [-0.15, -0.1) is 0 Å². The minimum atomic E-state index is 0.394. The molecule has 3 aromatic rings. The summed E-state index contributed by atoms with van der Waals surface area (Å²) >= 11 is 12.1. The summed E-state index contributed by atoms with van der Waals surface area (Å²) < 4.78 is 1.60. The van der Waals surface area contributed by atoms with E-state index in [1.165, 1.54) is 6.33 Å². The number of rotatable bonds is 2. The summed E-state index contributed by atoms with van der Waals surface area (Å²) in [6, 6.07) is 7.39. The van der Waals surface area contributed by atoms with Crippen LogP contribution >= 0.6 is 23.2 Å². The fourth-order valence-electron chi connectivity index (χ4n) is 1.75. The third-order valence-corrected chi connectivity index (χ3v) is 3.29. The first-order valence-electron chi connectivity index (χ1n) is 5.53. The standard InChI is InChI=1S/C12H9Cl2N5/c1-7-10(14)18-12-15-6-16-19(12)11(7)17-9-4-2-3-8(13)5-9/h2-6,17H,1H3. The van der Waals surface area contributed by atoms with Crippen LogP contribution in [0.5, 0.6) is 0 Å². The minimum absolute atomic E-state index is 0.394. The van der Waals surface area contributed by atoms with E-state index in [-0.39, 0.29) is 0 Å². The molecule has 96 valence electrons. The van der Waals surface area contributed by atoms with Crippen molar-refractivity contribution in [3.8, 4) is 0 Å². The van der Waals surface area contributed by atoms with Crippen molar-refractivity contribution in [2.24, 2.45) is 0 Å². The van der Waals surface area contributed by atoms with Gasteiger partial charge in [0, 0.05) is 16.3 Å². The van der Waals surface area contributed by atoms with Crippen LogP contribution in [-0.2, 0) is 0 Å². The van der Waals surface area contributed by atoms with E-state index < -0.39 is 0 Å². The van der Waals surface area contributed by atoms with Gasteiger partial charge in [0.2, 0.25) is 0 Å². The van der Waals surface area contributed by atoms with Crippen LogP contribution in [0.25, 0.3) is 5.78 Å². The van der Waals surface area contributed by atoms with Crippen molar-refractivity contribution in [2.75, 3.05) is 5.32 Å². The van der Waals surface area contributed by atoms with Crippen molar-refractivity contribution in [2.45, 2.75) is 6.92 Å². The van der Waals surface area contributed by atoms with E-state index in [4.69, 9.17) is 23.2 Å². The van der Waals surface area contributed by atoms with Gasteiger partial charge < -0.3 is 5.32 Å². The SMILES string of the molecule is Cc1c(Cl)nc2ncnn2c1Nc1cccc(Cl)c1. The summed E-state index contributed by atoms with van der Waals surface area (Å²) in [5.74, 6) is 1.16. The maximum atomic E-state index is 6.09. The Hall–Kier alpha value is -1.85. The van der Waals surface area contributed by atoms with Gasteiger partial charge >= 0.3 is 0 Å². The summed E-state index contributed by atoms with van der Waals surface area (Å²) in [6.07, 6.45) is 1.43. The van der Waals surface area contributed by atoms with Gasteiger partial charge in [-0.2, -0.15) is 19.6 Å². The van der Waals surface area contributed by atoms with Gasteiger partial charge in [-0.25, -0.2) is 0 Å². The molecule has 7 heteroatoms. The number of benzene rings is 1. The molecule has 0 aliphatic heterocycles. The van der Waals surface area contributed by atoms with E-state index >= 15 is 0 Å². The molecule has 0 radical (unpaired) electrons. The molecule has 0 saturated heterocycles. The number of halogens is 2. The van der Waals surface area contributed by atoms with Gasteiger partial charge in [0.25, 0.3) is 5.78 Å². The molecule has 1 aromatic carbocycles. The first-order valence-corrected chi connectivity index (χ1v) is 6.29.